The summed E-state index contributed by atoms with van der Waals surface area (Å²) in [5, 5.41) is 13.6. The number of alkyl halides is 3. The molecule has 4 nitrogen and oxygen atoms in total. The van der Waals surface area contributed by atoms with E-state index < -0.39 is 11.7 Å². The van der Waals surface area contributed by atoms with Crippen molar-refractivity contribution >= 4 is 11.9 Å². The summed E-state index contributed by atoms with van der Waals surface area (Å²) in [4.78, 5) is 0. The van der Waals surface area contributed by atoms with E-state index in [2.05, 4.69) is 10.5 Å². The number of hydrogen-bond donors (Lipinski definition) is 2. The summed E-state index contributed by atoms with van der Waals surface area (Å²) in [7, 11) is 0. The quantitative estimate of drug-likeness (QED) is 0.638. The molecule has 0 atom stereocenters. The van der Waals surface area contributed by atoms with Gasteiger partial charge in [0, 0.05) is 11.6 Å². The van der Waals surface area contributed by atoms with E-state index in [0.717, 1.165) is 6.07 Å². The van der Waals surface area contributed by atoms with Gasteiger partial charge < -0.3 is 9.84 Å². The van der Waals surface area contributed by atoms with Gasteiger partial charge in [0.05, 0.1) is 24.1 Å². The van der Waals surface area contributed by atoms with Crippen molar-refractivity contribution in [2.24, 2.45) is 5.10 Å². The molecule has 0 bridgehead atoms. The zero-order valence-electron chi connectivity index (χ0n) is 12.3. The molecule has 0 aliphatic rings. The molecule has 0 aliphatic heterocycles. The van der Waals surface area contributed by atoms with E-state index in [1.54, 1.807) is 12.1 Å². The summed E-state index contributed by atoms with van der Waals surface area (Å²) < 4.78 is 43.7. The number of hydrogen-bond acceptors (Lipinski definition) is 4. The molecular weight excluding hydrogens is 309 g/mol. The van der Waals surface area contributed by atoms with Gasteiger partial charge in [-0.3, -0.25) is 5.43 Å². The Morgan fingerprint density at radius 2 is 1.96 bits per heavy atom. The molecule has 0 amide bonds. The second kappa shape index (κ2) is 7.04. The number of hydrazone groups is 1. The van der Waals surface area contributed by atoms with Gasteiger partial charge in [-0.15, -0.1) is 0 Å². The highest BCUT2D eigenvalue weighted by Gasteiger charge is 2.33. The largest absolute Gasteiger partial charge is 0.507 e. The minimum absolute atomic E-state index is 0.0781. The van der Waals surface area contributed by atoms with Crippen LogP contribution in [0.4, 0.5) is 18.9 Å². The topological polar surface area (TPSA) is 53.8 Å². The van der Waals surface area contributed by atoms with Crippen LogP contribution in [0.5, 0.6) is 11.5 Å². The first-order valence-corrected chi connectivity index (χ1v) is 6.83. The summed E-state index contributed by atoms with van der Waals surface area (Å²) in [5.74, 6) is 0.420. The van der Waals surface area contributed by atoms with Gasteiger partial charge in [-0.1, -0.05) is 12.1 Å². The van der Waals surface area contributed by atoms with Crippen LogP contribution in [0.1, 0.15) is 18.1 Å². The van der Waals surface area contributed by atoms with Crippen LogP contribution >= 0.6 is 0 Å². The van der Waals surface area contributed by atoms with E-state index in [0.29, 0.717) is 17.9 Å². The van der Waals surface area contributed by atoms with Crippen LogP contribution in [0.15, 0.2) is 47.6 Å². The maximum atomic E-state index is 12.8. The highest BCUT2D eigenvalue weighted by atomic mass is 19.4. The SMILES string of the molecule is CCOc1ccc(/C=N/Nc2ccccc2C(F)(F)F)c(O)c1. The Hall–Kier alpha value is -2.70. The lowest BCUT2D eigenvalue weighted by atomic mass is 10.2. The summed E-state index contributed by atoms with van der Waals surface area (Å²) in [5.41, 5.74) is 1.72. The van der Waals surface area contributed by atoms with Gasteiger partial charge >= 0.3 is 6.18 Å². The van der Waals surface area contributed by atoms with Crippen molar-refractivity contribution in [2.75, 3.05) is 12.0 Å². The van der Waals surface area contributed by atoms with E-state index in [-0.39, 0.29) is 11.4 Å². The average Bonchev–Trinajstić information content (AvgIpc) is 2.49. The number of anilines is 1. The van der Waals surface area contributed by atoms with E-state index in [1.165, 1.54) is 30.5 Å². The molecule has 2 aromatic carbocycles. The summed E-state index contributed by atoms with van der Waals surface area (Å²) in [6, 6.07) is 9.62. The number of nitrogens with one attached hydrogen (secondary N) is 1. The number of rotatable bonds is 5. The molecule has 0 saturated carbocycles. The Morgan fingerprint density at radius 3 is 2.61 bits per heavy atom. The molecule has 0 saturated heterocycles. The van der Waals surface area contributed by atoms with Gasteiger partial charge in [-0.25, -0.2) is 0 Å². The molecule has 2 N–H and O–H groups in total. The number of phenols is 1. The fourth-order valence-electron chi connectivity index (χ4n) is 1.89. The van der Waals surface area contributed by atoms with Gasteiger partial charge in [0.1, 0.15) is 11.5 Å². The Bertz CT molecular complexity index is 700. The molecule has 7 heteroatoms. The van der Waals surface area contributed by atoms with Crippen LogP contribution in [-0.4, -0.2) is 17.9 Å². The van der Waals surface area contributed by atoms with E-state index in [4.69, 9.17) is 4.74 Å². The molecule has 0 fully saturated rings. The van der Waals surface area contributed by atoms with Gasteiger partial charge in [0.2, 0.25) is 0 Å². The Balaban J connectivity index is 2.14. The summed E-state index contributed by atoms with van der Waals surface area (Å²) in [6.45, 7) is 2.27. The van der Waals surface area contributed by atoms with Gasteiger partial charge in [-0.05, 0) is 31.2 Å². The molecule has 0 heterocycles. The first-order valence-electron chi connectivity index (χ1n) is 6.83. The molecular formula is C16H15F3N2O2. The maximum Gasteiger partial charge on any atom is 0.418 e. The smallest absolute Gasteiger partial charge is 0.418 e. The van der Waals surface area contributed by atoms with Crippen LogP contribution in [-0.2, 0) is 6.18 Å². The fourth-order valence-corrected chi connectivity index (χ4v) is 1.89. The third-order valence-electron chi connectivity index (χ3n) is 2.93. The van der Waals surface area contributed by atoms with Gasteiger partial charge in [0.25, 0.3) is 0 Å². The van der Waals surface area contributed by atoms with Crippen molar-refractivity contribution in [3.8, 4) is 11.5 Å². The van der Waals surface area contributed by atoms with Crippen LogP contribution in [0.25, 0.3) is 0 Å². The Kier molecular flexibility index (Phi) is 5.10. The lowest BCUT2D eigenvalue weighted by molar-refractivity contribution is -0.136. The third kappa shape index (κ3) is 4.38. The summed E-state index contributed by atoms with van der Waals surface area (Å²) in [6.07, 6.45) is -3.24. The highest BCUT2D eigenvalue weighted by Crippen LogP contribution is 2.34. The number of para-hydroxylation sites is 1. The van der Waals surface area contributed by atoms with Crippen molar-refractivity contribution in [1.29, 1.82) is 0 Å². The minimum atomic E-state index is -4.47. The van der Waals surface area contributed by atoms with Crippen LogP contribution in [0, 0.1) is 0 Å². The van der Waals surface area contributed by atoms with Crippen molar-refractivity contribution in [3.05, 3.63) is 53.6 Å². The van der Waals surface area contributed by atoms with Crippen molar-refractivity contribution in [2.45, 2.75) is 13.1 Å². The Labute approximate surface area is 131 Å². The molecule has 122 valence electrons. The molecule has 2 rings (SSSR count). The Morgan fingerprint density at radius 1 is 1.22 bits per heavy atom. The molecule has 0 spiro atoms. The normalized spacial score (nSPS) is 11.7. The van der Waals surface area contributed by atoms with Crippen molar-refractivity contribution in [3.63, 3.8) is 0 Å². The van der Waals surface area contributed by atoms with Gasteiger partial charge in [0.15, 0.2) is 0 Å². The number of halogens is 3. The van der Waals surface area contributed by atoms with Crippen molar-refractivity contribution < 1.29 is 23.0 Å². The van der Waals surface area contributed by atoms with Crippen LogP contribution < -0.4 is 10.2 Å². The van der Waals surface area contributed by atoms with Crippen LogP contribution in [0.3, 0.4) is 0 Å². The maximum absolute atomic E-state index is 12.8. The average molecular weight is 324 g/mol. The first-order chi connectivity index (χ1) is 10.9. The standard InChI is InChI=1S/C16H15F3N2O2/c1-2-23-12-8-7-11(15(22)9-12)10-20-21-14-6-4-3-5-13(14)16(17,18)19/h3-10,21-22H,2H2,1H3/b20-10+. The van der Waals surface area contributed by atoms with E-state index >= 15 is 0 Å². The van der Waals surface area contributed by atoms with Crippen molar-refractivity contribution in [1.82, 2.24) is 0 Å². The minimum Gasteiger partial charge on any atom is -0.507 e. The predicted octanol–water partition coefficient (Wildman–Crippen LogP) is 4.26. The first kappa shape index (κ1) is 16.7. The molecule has 0 radical (unpaired) electrons. The second-order valence-electron chi connectivity index (χ2n) is 4.57. The number of benzene rings is 2. The van der Waals surface area contributed by atoms with Crippen LogP contribution in [0.2, 0.25) is 0 Å². The number of phenolic OH excluding ortho intramolecular Hbond substituents is 1. The van der Waals surface area contributed by atoms with E-state index in [9.17, 15) is 18.3 Å². The molecule has 23 heavy (non-hydrogen) atoms. The lowest BCUT2D eigenvalue weighted by Gasteiger charge is -2.11. The molecule has 0 aromatic heterocycles. The number of ether oxygens (including phenoxy) is 1. The molecule has 0 unspecified atom stereocenters. The fraction of sp³-hybridized carbons (Fsp3) is 0.188. The molecule has 0 aliphatic carbocycles. The third-order valence-corrected chi connectivity index (χ3v) is 2.93. The van der Waals surface area contributed by atoms with Gasteiger partial charge in [-0.2, -0.15) is 18.3 Å². The number of nitrogens with zero attached hydrogens (tertiary/aromatic N) is 1. The van der Waals surface area contributed by atoms with E-state index in [1.807, 2.05) is 6.92 Å². The highest BCUT2D eigenvalue weighted by molar-refractivity contribution is 5.84. The zero-order valence-corrected chi connectivity index (χ0v) is 12.3. The molecule has 2 aromatic rings. The monoisotopic (exact) mass is 324 g/mol. The zero-order chi connectivity index (χ0) is 16.9. The second-order valence-corrected chi connectivity index (χ2v) is 4.57. The predicted molar refractivity (Wildman–Crippen MR) is 81.9 cm³/mol. The summed E-state index contributed by atoms with van der Waals surface area (Å²) >= 11 is 0. The number of aromatic hydroxyl groups is 1. The lowest BCUT2D eigenvalue weighted by Crippen LogP contribution is -2.08.